The highest BCUT2D eigenvalue weighted by atomic mass is 16.6. The molecule has 48 heavy (non-hydrogen) atoms. The number of nitrogens with one attached hydrogen (secondary N) is 2. The van der Waals surface area contributed by atoms with Gasteiger partial charge in [-0.15, -0.1) is 0 Å². The SMILES string of the molecule is CC1=CC2=Nc3cc(C)c(NC(=O)OC(C)(C)C)cc3N(c3ccccc3)C2C=C1NCCCCCCN1C(=O)c2ccccc2C1=O. The summed E-state index contributed by atoms with van der Waals surface area (Å²) in [4.78, 5) is 46.7. The topological polar surface area (TPSA) is 103 Å². The van der Waals surface area contributed by atoms with E-state index in [4.69, 9.17) is 9.73 Å². The molecule has 9 heteroatoms. The van der Waals surface area contributed by atoms with Crippen LogP contribution in [0.4, 0.5) is 27.5 Å². The Morgan fingerprint density at radius 2 is 1.56 bits per heavy atom. The number of hydrogen-bond acceptors (Lipinski definition) is 7. The largest absolute Gasteiger partial charge is 0.444 e. The molecule has 0 radical (unpaired) electrons. The number of carbonyl (C=O) groups excluding carboxylic acids is 3. The smallest absolute Gasteiger partial charge is 0.412 e. The Bertz CT molecular complexity index is 1800. The second kappa shape index (κ2) is 13.5. The van der Waals surface area contributed by atoms with Gasteiger partial charge >= 0.3 is 6.09 Å². The van der Waals surface area contributed by atoms with Crippen LogP contribution in [-0.2, 0) is 4.74 Å². The number of carbonyl (C=O) groups is 3. The molecular weight excluding hydrogens is 602 g/mol. The Kier molecular flexibility index (Phi) is 9.22. The third-order valence-electron chi connectivity index (χ3n) is 8.70. The molecule has 248 valence electrons. The molecule has 3 aromatic rings. The molecule has 0 saturated carbocycles. The summed E-state index contributed by atoms with van der Waals surface area (Å²) in [5.41, 5.74) is 7.86. The number of nitrogens with zero attached hydrogens (tertiary/aromatic N) is 3. The van der Waals surface area contributed by atoms with Crippen LogP contribution < -0.4 is 15.5 Å². The van der Waals surface area contributed by atoms with Gasteiger partial charge in [-0.1, -0.05) is 43.2 Å². The first-order chi connectivity index (χ1) is 23.0. The highest BCUT2D eigenvalue weighted by molar-refractivity contribution is 6.21. The van der Waals surface area contributed by atoms with Gasteiger partial charge in [0.25, 0.3) is 11.8 Å². The van der Waals surface area contributed by atoms with Crippen molar-refractivity contribution < 1.29 is 19.1 Å². The van der Waals surface area contributed by atoms with Gasteiger partial charge in [-0.3, -0.25) is 19.8 Å². The number of fused-ring (bicyclic) bond motifs is 3. The van der Waals surface area contributed by atoms with Crippen molar-refractivity contribution in [1.82, 2.24) is 10.2 Å². The van der Waals surface area contributed by atoms with Crippen molar-refractivity contribution in [1.29, 1.82) is 0 Å². The molecule has 3 aromatic carbocycles. The first kappa shape index (κ1) is 32.7. The Hall–Kier alpha value is -5.18. The van der Waals surface area contributed by atoms with Crippen molar-refractivity contribution in [2.45, 2.75) is 71.9 Å². The highest BCUT2D eigenvalue weighted by Crippen LogP contribution is 2.44. The normalized spacial score (nSPS) is 16.8. The molecular formula is C39H43N5O4. The number of imide groups is 1. The van der Waals surface area contributed by atoms with E-state index in [1.54, 1.807) is 24.3 Å². The first-order valence-corrected chi connectivity index (χ1v) is 16.7. The van der Waals surface area contributed by atoms with Crippen molar-refractivity contribution in [3.05, 3.63) is 107 Å². The molecule has 1 aliphatic carbocycles. The summed E-state index contributed by atoms with van der Waals surface area (Å²) in [5, 5.41) is 6.58. The lowest BCUT2D eigenvalue weighted by Gasteiger charge is -2.39. The Morgan fingerprint density at radius 1 is 0.896 bits per heavy atom. The summed E-state index contributed by atoms with van der Waals surface area (Å²) in [6.07, 6.45) is 7.54. The van der Waals surface area contributed by atoms with Crippen molar-refractivity contribution in [3.8, 4) is 0 Å². The van der Waals surface area contributed by atoms with E-state index in [1.807, 2.05) is 58.0 Å². The van der Waals surface area contributed by atoms with Crippen LogP contribution in [0, 0.1) is 6.92 Å². The monoisotopic (exact) mass is 645 g/mol. The molecule has 2 aliphatic heterocycles. The van der Waals surface area contributed by atoms with E-state index in [2.05, 4.69) is 46.7 Å². The van der Waals surface area contributed by atoms with E-state index in [0.29, 0.717) is 23.4 Å². The third kappa shape index (κ3) is 6.90. The number of amides is 3. The third-order valence-corrected chi connectivity index (χ3v) is 8.70. The average Bonchev–Trinajstić information content (AvgIpc) is 3.28. The van der Waals surface area contributed by atoms with Gasteiger partial charge in [0.05, 0.1) is 34.3 Å². The zero-order valence-electron chi connectivity index (χ0n) is 28.3. The Labute approximate surface area is 282 Å². The van der Waals surface area contributed by atoms with Crippen molar-refractivity contribution in [3.63, 3.8) is 0 Å². The van der Waals surface area contributed by atoms with Gasteiger partial charge in [-0.05, 0) is 107 Å². The summed E-state index contributed by atoms with van der Waals surface area (Å²) < 4.78 is 5.53. The maximum absolute atomic E-state index is 12.7. The summed E-state index contributed by atoms with van der Waals surface area (Å²) in [6, 6.07) is 21.1. The first-order valence-electron chi connectivity index (χ1n) is 16.7. The van der Waals surface area contributed by atoms with E-state index >= 15 is 0 Å². The van der Waals surface area contributed by atoms with Crippen LogP contribution in [0.25, 0.3) is 0 Å². The van der Waals surface area contributed by atoms with Crippen LogP contribution in [-0.4, -0.2) is 53.3 Å². The van der Waals surface area contributed by atoms with E-state index in [9.17, 15) is 14.4 Å². The minimum atomic E-state index is -0.607. The van der Waals surface area contributed by atoms with Gasteiger partial charge in [0.15, 0.2) is 0 Å². The summed E-state index contributed by atoms with van der Waals surface area (Å²) in [7, 11) is 0. The fraction of sp³-hybridized carbons (Fsp3) is 0.333. The molecule has 0 aromatic heterocycles. The quantitative estimate of drug-likeness (QED) is 0.170. The second-order valence-corrected chi connectivity index (χ2v) is 13.5. The minimum absolute atomic E-state index is 0.150. The highest BCUT2D eigenvalue weighted by Gasteiger charge is 2.35. The zero-order valence-corrected chi connectivity index (χ0v) is 28.3. The fourth-order valence-electron chi connectivity index (χ4n) is 6.37. The lowest BCUT2D eigenvalue weighted by Crippen LogP contribution is -2.41. The van der Waals surface area contributed by atoms with Gasteiger partial charge in [-0.2, -0.15) is 0 Å². The van der Waals surface area contributed by atoms with Gasteiger partial charge in [-0.25, -0.2) is 9.79 Å². The molecule has 1 unspecified atom stereocenters. The molecule has 2 N–H and O–H groups in total. The number of anilines is 3. The number of ether oxygens (including phenoxy) is 1. The number of unbranched alkanes of at least 4 members (excludes halogenated alkanes) is 3. The molecule has 9 nitrogen and oxygen atoms in total. The molecule has 1 atom stereocenters. The molecule has 0 spiro atoms. The number of aliphatic imine (C=N–C) groups is 1. The minimum Gasteiger partial charge on any atom is -0.444 e. The van der Waals surface area contributed by atoms with Crippen LogP contribution >= 0.6 is 0 Å². The zero-order chi connectivity index (χ0) is 34.0. The summed E-state index contributed by atoms with van der Waals surface area (Å²) in [5.74, 6) is -0.376. The number of hydrogen-bond donors (Lipinski definition) is 2. The van der Waals surface area contributed by atoms with E-state index < -0.39 is 11.7 Å². The molecule has 0 saturated heterocycles. The molecule has 2 heterocycles. The second-order valence-electron chi connectivity index (χ2n) is 13.5. The molecule has 3 amide bonds. The van der Waals surface area contributed by atoms with Crippen LogP contribution in [0.15, 0.2) is 95.1 Å². The summed E-state index contributed by atoms with van der Waals surface area (Å²) >= 11 is 0. The predicted octanol–water partition coefficient (Wildman–Crippen LogP) is 8.22. The van der Waals surface area contributed by atoms with Crippen LogP contribution in [0.5, 0.6) is 0 Å². The predicted molar refractivity (Wildman–Crippen MR) is 191 cm³/mol. The van der Waals surface area contributed by atoms with E-state index in [1.165, 1.54) is 4.90 Å². The average molecular weight is 646 g/mol. The van der Waals surface area contributed by atoms with Crippen LogP contribution in [0.3, 0.4) is 0 Å². The molecule has 0 fully saturated rings. The number of allylic oxidation sites excluding steroid dienone is 1. The van der Waals surface area contributed by atoms with Gasteiger partial charge in [0, 0.05) is 30.2 Å². The molecule has 3 aliphatic rings. The van der Waals surface area contributed by atoms with Crippen molar-refractivity contribution in [2.24, 2.45) is 4.99 Å². The lowest BCUT2D eigenvalue weighted by molar-refractivity contribution is 0.0628. The van der Waals surface area contributed by atoms with Crippen LogP contribution in [0.1, 0.15) is 79.7 Å². The number of para-hydroxylation sites is 1. The Balaban J connectivity index is 1.12. The number of benzene rings is 3. The molecule has 6 rings (SSSR count). The van der Waals surface area contributed by atoms with Crippen LogP contribution in [0.2, 0.25) is 0 Å². The standard InChI is InChI=1S/C39H43N5O4/c1-25-21-32-34(23-30(25)40-19-13-6-7-14-20-43-36(45)28-17-11-12-18-29(28)37(43)46)44(27-15-9-8-10-16-27)35-24-31(26(2)22-33(35)41-32)42-38(47)48-39(3,4)5/h8-12,15-18,21-24,34,40H,6-7,13-14,19-20H2,1-5H3,(H,42,47). The summed E-state index contributed by atoms with van der Waals surface area (Å²) in [6.45, 7) is 10.8. The van der Waals surface area contributed by atoms with E-state index in [0.717, 1.165) is 71.8 Å². The van der Waals surface area contributed by atoms with Gasteiger partial charge < -0.3 is 15.0 Å². The van der Waals surface area contributed by atoms with Crippen molar-refractivity contribution in [2.75, 3.05) is 23.3 Å². The lowest BCUT2D eigenvalue weighted by atomic mass is 9.93. The fourth-order valence-corrected chi connectivity index (χ4v) is 6.37. The number of aryl methyl sites for hydroxylation is 1. The molecule has 0 bridgehead atoms. The number of rotatable bonds is 10. The van der Waals surface area contributed by atoms with E-state index in [-0.39, 0.29) is 17.9 Å². The van der Waals surface area contributed by atoms with Gasteiger partial charge in [0.1, 0.15) is 5.60 Å². The maximum Gasteiger partial charge on any atom is 0.412 e. The maximum atomic E-state index is 12.7. The van der Waals surface area contributed by atoms with Gasteiger partial charge in [0.2, 0.25) is 0 Å². The van der Waals surface area contributed by atoms with Crippen molar-refractivity contribution >= 4 is 46.4 Å². The Morgan fingerprint density at radius 3 is 2.25 bits per heavy atom.